The Morgan fingerprint density at radius 1 is 1.68 bits per heavy atom. The fourth-order valence-corrected chi connectivity index (χ4v) is 2.22. The van der Waals surface area contributed by atoms with Gasteiger partial charge in [0.05, 0.1) is 11.0 Å². The van der Waals surface area contributed by atoms with Crippen molar-refractivity contribution >= 4 is 17.5 Å². The van der Waals surface area contributed by atoms with Crippen molar-refractivity contribution in [2.24, 2.45) is 5.92 Å². The van der Waals surface area contributed by atoms with E-state index < -0.39 is 11.0 Å². The predicted molar refractivity (Wildman–Crippen MR) is 70.2 cm³/mol. The van der Waals surface area contributed by atoms with E-state index in [1.165, 1.54) is 6.20 Å². The van der Waals surface area contributed by atoms with Crippen molar-refractivity contribution in [2.45, 2.75) is 19.4 Å². The third kappa shape index (κ3) is 2.73. The SMILES string of the molecule is CNc1ncc([N+](=O)[O-])c(N2CCC(C(C)O)C2)n1. The smallest absolute Gasteiger partial charge is 0.329 e. The summed E-state index contributed by atoms with van der Waals surface area (Å²) in [5.74, 6) is 0.779. The fraction of sp³-hybridized carbons (Fsp3) is 0.636. The number of nitro groups is 1. The second-order valence-electron chi connectivity index (χ2n) is 4.64. The lowest BCUT2D eigenvalue weighted by Crippen LogP contribution is -2.25. The third-order valence-corrected chi connectivity index (χ3v) is 3.38. The fourth-order valence-electron chi connectivity index (χ4n) is 2.22. The van der Waals surface area contributed by atoms with Crippen molar-refractivity contribution in [3.63, 3.8) is 0 Å². The molecule has 1 aliphatic heterocycles. The van der Waals surface area contributed by atoms with Gasteiger partial charge in [-0.3, -0.25) is 10.1 Å². The molecule has 0 saturated carbocycles. The lowest BCUT2D eigenvalue weighted by Gasteiger charge is -2.18. The normalized spacial score (nSPS) is 20.4. The first-order chi connectivity index (χ1) is 9.02. The lowest BCUT2D eigenvalue weighted by molar-refractivity contribution is -0.384. The van der Waals surface area contributed by atoms with Crippen LogP contribution in [0.15, 0.2) is 6.20 Å². The lowest BCUT2D eigenvalue weighted by atomic mass is 10.0. The quantitative estimate of drug-likeness (QED) is 0.609. The van der Waals surface area contributed by atoms with Crippen LogP contribution in [0.1, 0.15) is 13.3 Å². The zero-order valence-corrected chi connectivity index (χ0v) is 10.9. The van der Waals surface area contributed by atoms with E-state index >= 15 is 0 Å². The Balaban J connectivity index is 2.30. The van der Waals surface area contributed by atoms with E-state index in [4.69, 9.17) is 0 Å². The summed E-state index contributed by atoms with van der Waals surface area (Å²) in [6.45, 7) is 2.96. The topological polar surface area (TPSA) is 104 Å². The summed E-state index contributed by atoms with van der Waals surface area (Å²) < 4.78 is 0. The van der Waals surface area contributed by atoms with Crippen LogP contribution in [0.5, 0.6) is 0 Å². The number of hydrogen-bond donors (Lipinski definition) is 2. The van der Waals surface area contributed by atoms with E-state index in [0.717, 1.165) is 6.42 Å². The molecule has 104 valence electrons. The molecule has 2 N–H and O–H groups in total. The maximum atomic E-state index is 11.0. The van der Waals surface area contributed by atoms with E-state index in [2.05, 4.69) is 15.3 Å². The Bertz CT molecular complexity index is 479. The summed E-state index contributed by atoms with van der Waals surface area (Å²) in [6.07, 6.45) is 1.59. The largest absolute Gasteiger partial charge is 0.393 e. The number of aliphatic hydroxyl groups excluding tert-OH is 1. The Kier molecular flexibility index (Phi) is 3.79. The standard InChI is InChI=1S/C11H17N5O3/c1-7(17)8-3-4-15(6-8)10-9(16(18)19)5-13-11(12-2)14-10/h5,7-8,17H,3-4,6H2,1-2H3,(H,12,13,14). The average Bonchev–Trinajstić information content (AvgIpc) is 2.87. The van der Waals surface area contributed by atoms with Crippen LogP contribution in [-0.2, 0) is 0 Å². The molecule has 0 aliphatic carbocycles. The number of anilines is 2. The highest BCUT2D eigenvalue weighted by molar-refractivity contribution is 5.59. The van der Waals surface area contributed by atoms with Gasteiger partial charge < -0.3 is 15.3 Å². The zero-order valence-electron chi connectivity index (χ0n) is 10.9. The van der Waals surface area contributed by atoms with E-state index in [0.29, 0.717) is 24.9 Å². The van der Waals surface area contributed by atoms with Gasteiger partial charge in [0.15, 0.2) is 0 Å². The minimum atomic E-state index is -0.482. The van der Waals surface area contributed by atoms with Crippen LogP contribution >= 0.6 is 0 Å². The van der Waals surface area contributed by atoms with Gasteiger partial charge in [-0.2, -0.15) is 4.98 Å². The monoisotopic (exact) mass is 267 g/mol. The van der Waals surface area contributed by atoms with Gasteiger partial charge in [0.2, 0.25) is 11.8 Å². The molecular formula is C11H17N5O3. The zero-order chi connectivity index (χ0) is 14.0. The summed E-state index contributed by atoms with van der Waals surface area (Å²) >= 11 is 0. The van der Waals surface area contributed by atoms with E-state index in [1.807, 2.05) is 4.90 Å². The van der Waals surface area contributed by atoms with Gasteiger partial charge in [-0.05, 0) is 13.3 Å². The van der Waals surface area contributed by atoms with Crippen molar-refractivity contribution in [1.29, 1.82) is 0 Å². The highest BCUT2D eigenvalue weighted by atomic mass is 16.6. The molecule has 2 heterocycles. The number of nitrogens with zero attached hydrogens (tertiary/aromatic N) is 4. The Morgan fingerprint density at radius 2 is 2.42 bits per heavy atom. The molecule has 1 aliphatic rings. The van der Waals surface area contributed by atoms with Crippen molar-refractivity contribution in [3.8, 4) is 0 Å². The van der Waals surface area contributed by atoms with Crippen LogP contribution in [0, 0.1) is 16.0 Å². The van der Waals surface area contributed by atoms with Crippen LogP contribution in [0.4, 0.5) is 17.5 Å². The van der Waals surface area contributed by atoms with Crippen molar-refractivity contribution in [1.82, 2.24) is 9.97 Å². The van der Waals surface area contributed by atoms with Crippen LogP contribution in [-0.4, -0.2) is 46.2 Å². The molecule has 1 aromatic heterocycles. The second-order valence-corrected chi connectivity index (χ2v) is 4.64. The summed E-state index contributed by atoms with van der Waals surface area (Å²) in [5, 5.41) is 23.4. The molecule has 8 heteroatoms. The van der Waals surface area contributed by atoms with Gasteiger partial charge in [-0.15, -0.1) is 0 Å². The summed E-state index contributed by atoms with van der Waals surface area (Å²) in [7, 11) is 1.66. The van der Waals surface area contributed by atoms with Gasteiger partial charge in [0, 0.05) is 26.1 Å². The molecule has 0 aromatic carbocycles. The van der Waals surface area contributed by atoms with E-state index in [1.54, 1.807) is 14.0 Å². The molecule has 1 aromatic rings. The molecule has 1 fully saturated rings. The average molecular weight is 267 g/mol. The molecule has 0 amide bonds. The molecule has 19 heavy (non-hydrogen) atoms. The highest BCUT2D eigenvalue weighted by Crippen LogP contribution is 2.31. The first-order valence-corrected chi connectivity index (χ1v) is 6.15. The molecule has 8 nitrogen and oxygen atoms in total. The van der Waals surface area contributed by atoms with E-state index in [9.17, 15) is 15.2 Å². The first-order valence-electron chi connectivity index (χ1n) is 6.15. The van der Waals surface area contributed by atoms with Crippen molar-refractivity contribution in [2.75, 3.05) is 30.4 Å². The van der Waals surface area contributed by atoms with Crippen LogP contribution in [0.2, 0.25) is 0 Å². The Morgan fingerprint density at radius 3 is 2.95 bits per heavy atom. The molecule has 2 atom stereocenters. The van der Waals surface area contributed by atoms with Crippen LogP contribution < -0.4 is 10.2 Å². The maximum absolute atomic E-state index is 11.0. The number of aliphatic hydroxyl groups is 1. The summed E-state index contributed by atoms with van der Waals surface area (Å²) in [5.41, 5.74) is -0.106. The van der Waals surface area contributed by atoms with Crippen LogP contribution in [0.3, 0.4) is 0 Å². The molecular weight excluding hydrogens is 250 g/mol. The minimum Gasteiger partial charge on any atom is -0.393 e. The van der Waals surface area contributed by atoms with Crippen molar-refractivity contribution < 1.29 is 10.0 Å². The third-order valence-electron chi connectivity index (χ3n) is 3.38. The maximum Gasteiger partial charge on any atom is 0.329 e. The van der Waals surface area contributed by atoms with Crippen molar-refractivity contribution in [3.05, 3.63) is 16.3 Å². The second kappa shape index (κ2) is 5.35. The number of nitrogens with one attached hydrogen (secondary N) is 1. The summed E-state index contributed by atoms with van der Waals surface area (Å²) in [6, 6.07) is 0. The molecule has 1 saturated heterocycles. The minimum absolute atomic E-state index is 0.106. The highest BCUT2D eigenvalue weighted by Gasteiger charge is 2.31. The molecule has 0 bridgehead atoms. The van der Waals surface area contributed by atoms with E-state index in [-0.39, 0.29) is 11.6 Å². The molecule has 0 radical (unpaired) electrons. The number of hydrogen-bond acceptors (Lipinski definition) is 7. The van der Waals surface area contributed by atoms with Gasteiger partial charge in [0.1, 0.15) is 6.20 Å². The molecule has 2 rings (SSSR count). The van der Waals surface area contributed by atoms with Gasteiger partial charge in [0.25, 0.3) is 0 Å². The summed E-state index contributed by atoms with van der Waals surface area (Å²) in [4.78, 5) is 20.4. The molecule has 2 unspecified atom stereocenters. The number of aromatic nitrogens is 2. The van der Waals surface area contributed by atoms with Gasteiger partial charge >= 0.3 is 5.69 Å². The predicted octanol–water partition coefficient (Wildman–Crippen LogP) is 0.634. The Hall–Kier alpha value is -1.96. The Labute approximate surface area is 110 Å². The first kappa shape index (κ1) is 13.5. The van der Waals surface area contributed by atoms with Gasteiger partial charge in [-0.1, -0.05) is 0 Å². The van der Waals surface area contributed by atoms with Crippen LogP contribution in [0.25, 0.3) is 0 Å². The number of rotatable bonds is 4. The molecule has 0 spiro atoms. The van der Waals surface area contributed by atoms with Gasteiger partial charge in [-0.25, -0.2) is 4.98 Å².